The van der Waals surface area contributed by atoms with Crippen molar-refractivity contribution in [3.05, 3.63) is 58.2 Å². The van der Waals surface area contributed by atoms with Crippen molar-refractivity contribution in [1.29, 1.82) is 0 Å². The standard InChI is InChI=1S/C34H39F6N5O5/c1-5-10-44(16-22-8-6-21(7-9-22)11-28(46)47)31-27(42-26(15-41-31)29-18(2)43-50-20(29)4)17-45-19(3)30(49-32(45)48)23-12-24(33(35,36)37)14-25(13-23)34(38,39)40/h12-15,19,21-22,30H,5-11,16-17H2,1-4H3,(H,46,47)/t19-,21-,22-,30?/m0/s1. The lowest BCUT2D eigenvalue weighted by atomic mass is 9.80. The van der Waals surface area contributed by atoms with E-state index in [0.29, 0.717) is 59.4 Å². The Morgan fingerprint density at radius 2 is 1.64 bits per heavy atom. The first-order valence-corrected chi connectivity index (χ1v) is 16.5. The quantitative estimate of drug-likeness (QED) is 0.196. The Kier molecular flexibility index (Phi) is 10.7. The molecule has 2 fully saturated rings. The fourth-order valence-corrected chi connectivity index (χ4v) is 6.95. The second kappa shape index (κ2) is 14.5. The minimum Gasteiger partial charge on any atom is -0.481 e. The Labute approximate surface area is 284 Å². The van der Waals surface area contributed by atoms with Crippen LogP contribution in [0.4, 0.5) is 37.0 Å². The van der Waals surface area contributed by atoms with Gasteiger partial charge in [-0.25, -0.2) is 14.8 Å². The molecule has 3 aromatic rings. The number of halogens is 6. The van der Waals surface area contributed by atoms with Crippen LogP contribution in [0.3, 0.4) is 0 Å². The number of rotatable bonds is 11. The predicted molar refractivity (Wildman–Crippen MR) is 168 cm³/mol. The number of benzene rings is 1. The molecule has 0 radical (unpaired) electrons. The van der Waals surface area contributed by atoms with Crippen LogP contribution >= 0.6 is 0 Å². The molecule has 50 heavy (non-hydrogen) atoms. The molecule has 1 saturated heterocycles. The lowest BCUT2D eigenvalue weighted by Gasteiger charge is -2.34. The molecule has 10 nitrogen and oxygen atoms in total. The molecule has 3 heterocycles. The summed E-state index contributed by atoms with van der Waals surface area (Å²) in [6.07, 6.45) is -6.83. The number of carboxylic acid groups (broad SMARTS) is 1. The number of amides is 1. The molecule has 5 rings (SSSR count). The number of alkyl halides is 6. The number of anilines is 1. The molecule has 272 valence electrons. The summed E-state index contributed by atoms with van der Waals surface area (Å²) in [6.45, 7) is 7.91. The highest BCUT2D eigenvalue weighted by Crippen LogP contribution is 2.42. The summed E-state index contributed by atoms with van der Waals surface area (Å²) in [7, 11) is 0. The number of aryl methyl sites for hydroxylation is 2. The zero-order valence-electron chi connectivity index (χ0n) is 28.1. The molecule has 0 spiro atoms. The second-order valence-electron chi connectivity index (χ2n) is 13.2. The number of cyclic esters (lactones) is 1. The molecule has 1 aliphatic heterocycles. The third-order valence-electron chi connectivity index (χ3n) is 9.46. The van der Waals surface area contributed by atoms with Crippen LogP contribution in [0.15, 0.2) is 28.9 Å². The van der Waals surface area contributed by atoms with Gasteiger partial charge in [-0.1, -0.05) is 12.1 Å². The van der Waals surface area contributed by atoms with E-state index >= 15 is 0 Å². The van der Waals surface area contributed by atoms with Gasteiger partial charge in [-0.15, -0.1) is 0 Å². The fourth-order valence-electron chi connectivity index (χ4n) is 6.95. The van der Waals surface area contributed by atoms with E-state index in [2.05, 4.69) is 10.1 Å². The topological polar surface area (TPSA) is 122 Å². The van der Waals surface area contributed by atoms with E-state index in [-0.39, 0.29) is 30.9 Å². The summed E-state index contributed by atoms with van der Waals surface area (Å²) in [5.74, 6) is 0.500. The highest BCUT2D eigenvalue weighted by atomic mass is 19.4. The van der Waals surface area contributed by atoms with E-state index in [4.69, 9.17) is 19.2 Å². The summed E-state index contributed by atoms with van der Waals surface area (Å²) < 4.78 is 92.7. The molecule has 1 amide bonds. The van der Waals surface area contributed by atoms with Gasteiger partial charge in [0.05, 0.1) is 46.9 Å². The molecule has 1 N–H and O–H groups in total. The van der Waals surface area contributed by atoms with Gasteiger partial charge in [-0.05, 0) is 88.5 Å². The molecular formula is C34H39F6N5O5. The van der Waals surface area contributed by atoms with Crippen molar-refractivity contribution in [2.45, 2.75) is 97.3 Å². The Morgan fingerprint density at radius 1 is 1.02 bits per heavy atom. The van der Waals surface area contributed by atoms with Crippen LogP contribution in [0.1, 0.15) is 92.3 Å². The smallest absolute Gasteiger partial charge is 0.416 e. The largest absolute Gasteiger partial charge is 0.481 e. The zero-order valence-corrected chi connectivity index (χ0v) is 28.1. The highest BCUT2D eigenvalue weighted by Gasteiger charge is 2.44. The van der Waals surface area contributed by atoms with Crippen molar-refractivity contribution in [1.82, 2.24) is 20.0 Å². The van der Waals surface area contributed by atoms with Crippen LogP contribution in [-0.4, -0.2) is 56.3 Å². The first-order chi connectivity index (χ1) is 23.5. The van der Waals surface area contributed by atoms with Crippen molar-refractivity contribution < 1.29 is 50.3 Å². The third kappa shape index (κ3) is 8.15. The SMILES string of the molecule is CCCN(C[C@H]1CC[C@H](CC(=O)O)CC1)c1ncc(-c2c(C)noc2C)nc1CN1C(=O)OC(c2cc(C(F)(F)F)cc(C(F)(F)F)c2)[C@@H]1C. The van der Waals surface area contributed by atoms with E-state index in [0.717, 1.165) is 32.1 Å². The maximum absolute atomic E-state index is 13.7. The van der Waals surface area contributed by atoms with Gasteiger partial charge in [-0.3, -0.25) is 9.69 Å². The number of hydrogen-bond donors (Lipinski definition) is 1. The molecule has 1 aromatic carbocycles. The van der Waals surface area contributed by atoms with Gasteiger partial charge in [0, 0.05) is 19.5 Å². The van der Waals surface area contributed by atoms with Gasteiger partial charge >= 0.3 is 24.4 Å². The van der Waals surface area contributed by atoms with Crippen LogP contribution in [0, 0.1) is 25.7 Å². The average Bonchev–Trinajstić information content (AvgIpc) is 3.52. The second-order valence-corrected chi connectivity index (χ2v) is 13.2. The van der Waals surface area contributed by atoms with E-state index < -0.39 is 53.3 Å². The Hall–Kier alpha value is -4.37. The normalized spacial score (nSPS) is 21.4. The summed E-state index contributed by atoms with van der Waals surface area (Å²) in [5.41, 5.74) is -1.53. The minimum absolute atomic E-state index is 0.0334. The van der Waals surface area contributed by atoms with Crippen molar-refractivity contribution >= 4 is 17.9 Å². The van der Waals surface area contributed by atoms with E-state index in [1.165, 1.54) is 11.8 Å². The predicted octanol–water partition coefficient (Wildman–Crippen LogP) is 8.37. The van der Waals surface area contributed by atoms with Crippen LogP contribution < -0.4 is 4.90 Å². The van der Waals surface area contributed by atoms with Crippen LogP contribution in [0.5, 0.6) is 0 Å². The highest BCUT2D eigenvalue weighted by molar-refractivity contribution is 5.72. The number of hydrogen-bond acceptors (Lipinski definition) is 8. The molecule has 2 aromatic heterocycles. The molecule has 0 bridgehead atoms. The Morgan fingerprint density at radius 3 is 2.18 bits per heavy atom. The maximum Gasteiger partial charge on any atom is 0.416 e. The van der Waals surface area contributed by atoms with Crippen molar-refractivity contribution in [3.63, 3.8) is 0 Å². The number of aromatic nitrogens is 3. The first-order valence-electron chi connectivity index (χ1n) is 16.5. The molecule has 1 aliphatic carbocycles. The first kappa shape index (κ1) is 36.9. The van der Waals surface area contributed by atoms with E-state index in [1.807, 2.05) is 6.92 Å². The monoisotopic (exact) mass is 711 g/mol. The summed E-state index contributed by atoms with van der Waals surface area (Å²) in [4.78, 5) is 37.5. The van der Waals surface area contributed by atoms with Crippen molar-refractivity contribution in [2.24, 2.45) is 11.8 Å². The van der Waals surface area contributed by atoms with Gasteiger partial charge in [-0.2, -0.15) is 26.3 Å². The average molecular weight is 712 g/mol. The van der Waals surface area contributed by atoms with Gasteiger partial charge in [0.1, 0.15) is 17.6 Å². The number of carbonyl (C=O) groups excluding carboxylic acids is 1. The van der Waals surface area contributed by atoms with Crippen LogP contribution in [0.25, 0.3) is 11.3 Å². The molecule has 1 saturated carbocycles. The van der Waals surface area contributed by atoms with Crippen molar-refractivity contribution in [2.75, 3.05) is 18.0 Å². The number of carbonyl (C=O) groups is 2. The van der Waals surface area contributed by atoms with Gasteiger partial charge < -0.3 is 19.3 Å². The number of aliphatic carboxylic acids is 1. The summed E-state index contributed by atoms with van der Waals surface area (Å²) >= 11 is 0. The Balaban J connectivity index is 1.49. The molecule has 2 aliphatic rings. The van der Waals surface area contributed by atoms with Gasteiger partial charge in [0.15, 0.2) is 5.82 Å². The van der Waals surface area contributed by atoms with Gasteiger partial charge in [0.25, 0.3) is 0 Å². The van der Waals surface area contributed by atoms with Crippen molar-refractivity contribution in [3.8, 4) is 11.3 Å². The van der Waals surface area contributed by atoms with Gasteiger partial charge in [0.2, 0.25) is 0 Å². The summed E-state index contributed by atoms with van der Waals surface area (Å²) in [6, 6.07) is 0.203. The number of ether oxygens (including phenoxy) is 1. The molecule has 16 heteroatoms. The number of nitrogens with zero attached hydrogens (tertiary/aromatic N) is 5. The molecule has 2 atom stereocenters. The van der Waals surface area contributed by atoms with E-state index in [9.17, 15) is 41.0 Å². The van der Waals surface area contributed by atoms with Crippen LogP contribution in [0.2, 0.25) is 0 Å². The van der Waals surface area contributed by atoms with E-state index in [1.54, 1.807) is 20.0 Å². The maximum atomic E-state index is 13.7. The number of carboxylic acids is 1. The molecule has 1 unspecified atom stereocenters. The lowest BCUT2D eigenvalue weighted by molar-refractivity contribution is -0.143. The summed E-state index contributed by atoms with van der Waals surface area (Å²) in [5, 5.41) is 13.2. The lowest BCUT2D eigenvalue weighted by Crippen LogP contribution is -2.36. The third-order valence-corrected chi connectivity index (χ3v) is 9.46. The Bertz CT molecular complexity index is 1650. The zero-order chi connectivity index (χ0) is 36.5. The fraction of sp³-hybridized carbons (Fsp3) is 0.559. The molecular weight excluding hydrogens is 672 g/mol. The van der Waals surface area contributed by atoms with Crippen LogP contribution in [-0.2, 0) is 28.4 Å². The minimum atomic E-state index is -5.07.